The number of aromatic nitrogens is 2. The molecule has 28 heavy (non-hydrogen) atoms. The second kappa shape index (κ2) is 9.27. The summed E-state index contributed by atoms with van der Waals surface area (Å²) >= 11 is 0. The van der Waals surface area contributed by atoms with Gasteiger partial charge in [0, 0.05) is 24.2 Å². The predicted octanol–water partition coefficient (Wildman–Crippen LogP) is 4.10. The highest BCUT2D eigenvalue weighted by atomic mass is 16.5. The third-order valence-electron chi connectivity index (χ3n) is 6.87. The number of benzene rings is 1. The van der Waals surface area contributed by atoms with Gasteiger partial charge in [0.05, 0.1) is 18.7 Å². The van der Waals surface area contributed by atoms with Gasteiger partial charge in [0.2, 0.25) is 0 Å². The normalized spacial score (nSPS) is 24.1. The highest BCUT2D eigenvalue weighted by Gasteiger charge is 2.24. The van der Waals surface area contributed by atoms with Crippen LogP contribution >= 0.6 is 0 Å². The maximum atomic E-state index is 5.33. The summed E-state index contributed by atoms with van der Waals surface area (Å²) in [6.07, 6.45) is 11.5. The number of hydrogen-bond acceptors (Lipinski definition) is 4. The topological polar surface area (TPSA) is 42.3 Å². The number of rotatable bonds is 7. The molecule has 5 nitrogen and oxygen atoms in total. The van der Waals surface area contributed by atoms with Crippen LogP contribution in [0.25, 0.3) is 10.9 Å². The molecule has 0 atom stereocenters. The lowest BCUT2D eigenvalue weighted by molar-refractivity contribution is 0.188. The van der Waals surface area contributed by atoms with E-state index in [4.69, 9.17) is 9.84 Å². The fourth-order valence-electron chi connectivity index (χ4n) is 5.03. The average Bonchev–Trinajstić information content (AvgIpc) is 3.17. The molecule has 0 bridgehead atoms. The van der Waals surface area contributed by atoms with Gasteiger partial charge >= 0.3 is 0 Å². The van der Waals surface area contributed by atoms with Gasteiger partial charge in [0.15, 0.2) is 0 Å². The quantitative estimate of drug-likeness (QED) is 0.780. The molecule has 1 aliphatic heterocycles. The number of nitrogens with zero attached hydrogens (tertiary/aromatic N) is 3. The van der Waals surface area contributed by atoms with E-state index in [0.29, 0.717) is 6.04 Å². The van der Waals surface area contributed by atoms with E-state index >= 15 is 0 Å². The van der Waals surface area contributed by atoms with Crippen LogP contribution in [0.2, 0.25) is 0 Å². The number of ether oxygens (including phenoxy) is 1. The molecule has 0 radical (unpaired) electrons. The zero-order chi connectivity index (χ0) is 19.3. The second-order valence-electron chi connectivity index (χ2n) is 8.95. The van der Waals surface area contributed by atoms with E-state index < -0.39 is 0 Å². The highest BCUT2D eigenvalue weighted by molar-refractivity contribution is 5.79. The first-order valence-corrected chi connectivity index (χ1v) is 11.1. The van der Waals surface area contributed by atoms with Gasteiger partial charge < -0.3 is 15.0 Å². The first-order chi connectivity index (χ1) is 13.7. The summed E-state index contributed by atoms with van der Waals surface area (Å²) in [7, 11) is 4.03. The van der Waals surface area contributed by atoms with Crippen LogP contribution in [-0.2, 0) is 0 Å². The minimum absolute atomic E-state index is 0.551. The number of methoxy groups -OCH3 is 1. The Labute approximate surface area is 169 Å². The third kappa shape index (κ3) is 4.87. The van der Waals surface area contributed by atoms with E-state index in [1.807, 2.05) is 12.1 Å². The van der Waals surface area contributed by atoms with Crippen molar-refractivity contribution in [2.24, 2.45) is 11.8 Å². The zero-order valence-electron chi connectivity index (χ0n) is 17.6. The molecule has 2 aliphatic rings. The van der Waals surface area contributed by atoms with Crippen molar-refractivity contribution in [3.63, 3.8) is 0 Å². The van der Waals surface area contributed by atoms with Gasteiger partial charge in [-0.2, -0.15) is 5.10 Å². The maximum absolute atomic E-state index is 5.33. The summed E-state index contributed by atoms with van der Waals surface area (Å²) in [6, 6.07) is 6.72. The first kappa shape index (κ1) is 19.7. The Morgan fingerprint density at radius 1 is 1.11 bits per heavy atom. The van der Waals surface area contributed by atoms with Gasteiger partial charge in [-0.25, -0.2) is 0 Å². The van der Waals surface area contributed by atoms with Crippen molar-refractivity contribution in [2.45, 2.75) is 51.0 Å². The largest absolute Gasteiger partial charge is 0.497 e. The van der Waals surface area contributed by atoms with Crippen LogP contribution in [0.3, 0.4) is 0 Å². The molecule has 1 aliphatic carbocycles. The molecule has 5 heteroatoms. The van der Waals surface area contributed by atoms with Crippen LogP contribution in [0.4, 0.5) is 0 Å². The summed E-state index contributed by atoms with van der Waals surface area (Å²) in [4.78, 5) is 2.58. The van der Waals surface area contributed by atoms with Crippen LogP contribution < -0.4 is 10.1 Å². The predicted molar refractivity (Wildman–Crippen MR) is 115 cm³/mol. The summed E-state index contributed by atoms with van der Waals surface area (Å²) in [5.41, 5.74) is 1.04. The van der Waals surface area contributed by atoms with Crippen molar-refractivity contribution in [3.05, 3.63) is 24.4 Å². The van der Waals surface area contributed by atoms with Gasteiger partial charge in [-0.15, -0.1) is 0 Å². The van der Waals surface area contributed by atoms with Crippen molar-refractivity contribution < 1.29 is 4.74 Å². The lowest BCUT2D eigenvalue weighted by Crippen LogP contribution is -2.33. The monoisotopic (exact) mass is 384 g/mol. The van der Waals surface area contributed by atoms with Crippen molar-refractivity contribution >= 4 is 10.9 Å². The third-order valence-corrected chi connectivity index (χ3v) is 6.87. The van der Waals surface area contributed by atoms with Crippen LogP contribution in [0, 0.1) is 11.8 Å². The standard InChI is InChI=1S/C23H36N4O/c1-26(14-11-18-9-12-24-13-10-18)16-19-3-6-21(7-4-19)27-17-20-5-8-22(28-2)15-23(20)25-27/h5,8,15,17-19,21,24H,3-4,6-7,9-14,16H2,1-2H3. The molecule has 154 valence electrons. The SMILES string of the molecule is COc1ccc2cn(C3CCC(CN(C)CCC4CCNCC4)CC3)nc2c1. The second-order valence-corrected chi connectivity index (χ2v) is 8.95. The summed E-state index contributed by atoms with van der Waals surface area (Å²) < 4.78 is 7.54. The Morgan fingerprint density at radius 3 is 2.64 bits per heavy atom. The molecular formula is C23H36N4O. The van der Waals surface area contributed by atoms with Gasteiger partial charge in [0.25, 0.3) is 0 Å². The Hall–Kier alpha value is -1.59. The highest BCUT2D eigenvalue weighted by Crippen LogP contribution is 2.33. The molecule has 0 unspecified atom stereocenters. The summed E-state index contributed by atoms with van der Waals surface area (Å²) in [5, 5.41) is 9.51. The van der Waals surface area contributed by atoms with Gasteiger partial charge in [-0.05, 0) is 95.6 Å². The van der Waals surface area contributed by atoms with E-state index in [0.717, 1.165) is 23.1 Å². The molecular weight excluding hydrogens is 348 g/mol. The molecule has 0 spiro atoms. The van der Waals surface area contributed by atoms with Gasteiger partial charge in [-0.3, -0.25) is 4.68 Å². The molecule has 1 saturated heterocycles. The smallest absolute Gasteiger partial charge is 0.121 e. The Balaban J connectivity index is 1.24. The summed E-state index contributed by atoms with van der Waals surface area (Å²) in [5.74, 6) is 2.67. The van der Waals surface area contributed by atoms with Crippen molar-refractivity contribution in [1.82, 2.24) is 20.0 Å². The Morgan fingerprint density at radius 2 is 1.89 bits per heavy atom. The van der Waals surface area contributed by atoms with E-state index in [-0.39, 0.29) is 0 Å². The van der Waals surface area contributed by atoms with Gasteiger partial charge in [0.1, 0.15) is 5.75 Å². The first-order valence-electron chi connectivity index (χ1n) is 11.1. The van der Waals surface area contributed by atoms with E-state index in [9.17, 15) is 0 Å². The molecule has 1 N–H and O–H groups in total. The number of hydrogen-bond donors (Lipinski definition) is 1. The lowest BCUT2D eigenvalue weighted by Gasteiger charge is -2.32. The van der Waals surface area contributed by atoms with Gasteiger partial charge in [-0.1, -0.05) is 0 Å². The van der Waals surface area contributed by atoms with Crippen LogP contribution in [0.1, 0.15) is 51.0 Å². The average molecular weight is 385 g/mol. The van der Waals surface area contributed by atoms with Crippen molar-refractivity contribution in [2.75, 3.05) is 40.3 Å². The van der Waals surface area contributed by atoms with Crippen LogP contribution in [0.5, 0.6) is 5.75 Å². The fourth-order valence-corrected chi connectivity index (χ4v) is 5.03. The number of fused-ring (bicyclic) bond motifs is 1. The Kier molecular flexibility index (Phi) is 6.53. The Bertz CT molecular complexity index is 744. The fraction of sp³-hybridized carbons (Fsp3) is 0.696. The van der Waals surface area contributed by atoms with Crippen LogP contribution in [0.15, 0.2) is 24.4 Å². The van der Waals surface area contributed by atoms with E-state index in [1.165, 1.54) is 76.5 Å². The van der Waals surface area contributed by atoms with Crippen molar-refractivity contribution in [1.29, 1.82) is 0 Å². The molecule has 2 heterocycles. The lowest BCUT2D eigenvalue weighted by atomic mass is 9.85. The van der Waals surface area contributed by atoms with E-state index in [1.54, 1.807) is 7.11 Å². The number of nitrogens with one attached hydrogen (secondary N) is 1. The number of piperidine rings is 1. The molecule has 1 aromatic heterocycles. The molecule has 4 rings (SSSR count). The summed E-state index contributed by atoms with van der Waals surface area (Å²) in [6.45, 7) is 4.95. The minimum Gasteiger partial charge on any atom is -0.497 e. The molecule has 1 saturated carbocycles. The molecule has 2 aromatic rings. The molecule has 1 aromatic carbocycles. The zero-order valence-corrected chi connectivity index (χ0v) is 17.6. The van der Waals surface area contributed by atoms with Crippen LogP contribution in [-0.4, -0.2) is 55.0 Å². The van der Waals surface area contributed by atoms with E-state index in [2.05, 4.69) is 34.2 Å². The van der Waals surface area contributed by atoms with Crippen molar-refractivity contribution in [3.8, 4) is 5.75 Å². The molecule has 0 amide bonds. The minimum atomic E-state index is 0.551. The molecule has 2 fully saturated rings. The maximum Gasteiger partial charge on any atom is 0.121 e.